The molecule has 1 aromatic carbocycles. The molecule has 13 heavy (non-hydrogen) atoms. The molecule has 0 bridgehead atoms. The van der Waals surface area contributed by atoms with Crippen LogP contribution in [0.3, 0.4) is 0 Å². The molecule has 4 nitrogen and oxygen atoms in total. The fourth-order valence-electron chi connectivity index (χ4n) is 1.59. The van der Waals surface area contributed by atoms with Crippen molar-refractivity contribution in [2.75, 3.05) is 0 Å². The fraction of sp³-hybridized carbons (Fsp3) is 0.222. The van der Waals surface area contributed by atoms with Crippen molar-refractivity contribution in [1.82, 2.24) is 5.01 Å². The zero-order valence-corrected chi connectivity index (χ0v) is 7.10. The standard InChI is InChI=1S/C9H8N2O2/c1-6-7-4-2-3-5-8(7)9(12)11(6)10-13/h2-6H,1H3. The number of nitroso groups, excluding NO2 is 1. The average Bonchev–Trinajstić information content (AvgIpc) is 2.41. The van der Waals surface area contributed by atoms with Crippen molar-refractivity contribution in [3.05, 3.63) is 40.3 Å². The number of benzene rings is 1. The molecular formula is C9H8N2O2. The predicted octanol–water partition coefficient (Wildman–Crippen LogP) is 1.88. The van der Waals surface area contributed by atoms with E-state index in [9.17, 15) is 9.70 Å². The summed E-state index contributed by atoms with van der Waals surface area (Å²) in [6.45, 7) is 1.78. The van der Waals surface area contributed by atoms with E-state index >= 15 is 0 Å². The molecule has 1 heterocycles. The van der Waals surface area contributed by atoms with Gasteiger partial charge in [-0.05, 0) is 18.6 Å². The van der Waals surface area contributed by atoms with Crippen LogP contribution in [0, 0.1) is 4.91 Å². The average molecular weight is 176 g/mol. The minimum atomic E-state index is -0.307. The van der Waals surface area contributed by atoms with Gasteiger partial charge in [0.15, 0.2) is 0 Å². The minimum absolute atomic E-state index is 0.235. The van der Waals surface area contributed by atoms with Gasteiger partial charge in [0.25, 0.3) is 5.91 Å². The number of rotatable bonds is 1. The Morgan fingerprint density at radius 1 is 1.38 bits per heavy atom. The summed E-state index contributed by atoms with van der Waals surface area (Å²) in [6.07, 6.45) is 0. The second-order valence-electron chi connectivity index (χ2n) is 2.99. The Morgan fingerprint density at radius 2 is 2.08 bits per heavy atom. The van der Waals surface area contributed by atoms with Crippen molar-refractivity contribution in [2.24, 2.45) is 5.29 Å². The van der Waals surface area contributed by atoms with Gasteiger partial charge in [0.05, 0.1) is 11.3 Å². The van der Waals surface area contributed by atoms with E-state index in [4.69, 9.17) is 0 Å². The van der Waals surface area contributed by atoms with Gasteiger partial charge in [-0.25, -0.2) is 0 Å². The highest BCUT2D eigenvalue weighted by molar-refractivity contribution is 5.98. The Kier molecular flexibility index (Phi) is 1.62. The molecule has 1 aliphatic rings. The van der Waals surface area contributed by atoms with Crippen LogP contribution in [-0.2, 0) is 0 Å². The van der Waals surface area contributed by atoms with Crippen LogP contribution in [0.4, 0.5) is 0 Å². The van der Waals surface area contributed by atoms with E-state index in [2.05, 4.69) is 5.29 Å². The maximum Gasteiger partial charge on any atom is 0.277 e. The van der Waals surface area contributed by atoms with Gasteiger partial charge in [-0.2, -0.15) is 5.01 Å². The number of amides is 1. The van der Waals surface area contributed by atoms with E-state index < -0.39 is 0 Å². The first-order valence-corrected chi connectivity index (χ1v) is 4.01. The van der Waals surface area contributed by atoms with Crippen molar-refractivity contribution in [3.63, 3.8) is 0 Å². The molecule has 0 radical (unpaired) electrons. The van der Waals surface area contributed by atoms with Crippen LogP contribution in [-0.4, -0.2) is 10.9 Å². The molecule has 1 unspecified atom stereocenters. The quantitative estimate of drug-likeness (QED) is 0.613. The van der Waals surface area contributed by atoms with Crippen LogP contribution in [0.15, 0.2) is 29.6 Å². The zero-order valence-electron chi connectivity index (χ0n) is 7.10. The van der Waals surface area contributed by atoms with Gasteiger partial charge in [-0.3, -0.25) is 4.79 Å². The highest BCUT2D eigenvalue weighted by atomic mass is 16.3. The number of fused-ring (bicyclic) bond motifs is 1. The fourth-order valence-corrected chi connectivity index (χ4v) is 1.59. The molecule has 0 aromatic heterocycles. The first-order valence-electron chi connectivity index (χ1n) is 4.01. The SMILES string of the molecule is CC1c2ccccc2C(=O)N1N=O. The summed E-state index contributed by atoms with van der Waals surface area (Å²) in [5.74, 6) is -0.307. The summed E-state index contributed by atoms with van der Waals surface area (Å²) in [6, 6.07) is 6.93. The lowest BCUT2D eigenvalue weighted by molar-refractivity contribution is 0.0740. The van der Waals surface area contributed by atoms with Crippen LogP contribution in [0.5, 0.6) is 0 Å². The van der Waals surface area contributed by atoms with Crippen molar-refractivity contribution >= 4 is 5.91 Å². The molecule has 0 spiro atoms. The summed E-state index contributed by atoms with van der Waals surface area (Å²) in [7, 11) is 0. The van der Waals surface area contributed by atoms with Crippen molar-refractivity contribution < 1.29 is 4.79 Å². The summed E-state index contributed by atoms with van der Waals surface area (Å²) in [5.41, 5.74) is 1.45. The van der Waals surface area contributed by atoms with Gasteiger partial charge in [0.2, 0.25) is 0 Å². The first-order chi connectivity index (χ1) is 6.25. The first kappa shape index (κ1) is 7.91. The summed E-state index contributed by atoms with van der Waals surface area (Å²) in [4.78, 5) is 21.8. The monoisotopic (exact) mass is 176 g/mol. The predicted molar refractivity (Wildman–Crippen MR) is 46.8 cm³/mol. The molecule has 0 aliphatic carbocycles. The topological polar surface area (TPSA) is 49.7 Å². The Hall–Kier alpha value is -1.71. The van der Waals surface area contributed by atoms with Crippen molar-refractivity contribution in [3.8, 4) is 0 Å². The normalized spacial score (nSPS) is 20.2. The Morgan fingerprint density at radius 3 is 2.69 bits per heavy atom. The Labute approximate surface area is 75.1 Å². The van der Waals surface area contributed by atoms with E-state index in [1.807, 2.05) is 12.1 Å². The lowest BCUT2D eigenvalue weighted by atomic mass is 10.1. The van der Waals surface area contributed by atoms with Gasteiger partial charge in [-0.1, -0.05) is 18.2 Å². The minimum Gasteiger partial charge on any atom is -0.267 e. The molecule has 0 saturated heterocycles. The smallest absolute Gasteiger partial charge is 0.267 e. The molecular weight excluding hydrogens is 168 g/mol. The third-order valence-electron chi connectivity index (χ3n) is 2.30. The molecule has 1 aliphatic heterocycles. The van der Waals surface area contributed by atoms with Crippen molar-refractivity contribution in [1.29, 1.82) is 0 Å². The van der Waals surface area contributed by atoms with Crippen LogP contribution < -0.4 is 0 Å². The van der Waals surface area contributed by atoms with Crippen LogP contribution in [0.1, 0.15) is 28.9 Å². The highest BCUT2D eigenvalue weighted by Crippen LogP contribution is 2.32. The van der Waals surface area contributed by atoms with E-state index in [0.717, 1.165) is 10.6 Å². The molecule has 4 heteroatoms. The second-order valence-corrected chi connectivity index (χ2v) is 2.99. The van der Waals surface area contributed by atoms with Crippen LogP contribution in [0.2, 0.25) is 0 Å². The molecule has 0 saturated carbocycles. The highest BCUT2D eigenvalue weighted by Gasteiger charge is 2.34. The van der Waals surface area contributed by atoms with E-state index in [1.54, 1.807) is 19.1 Å². The van der Waals surface area contributed by atoms with Crippen LogP contribution >= 0.6 is 0 Å². The van der Waals surface area contributed by atoms with Gasteiger partial charge in [0, 0.05) is 5.56 Å². The lowest BCUT2D eigenvalue weighted by Gasteiger charge is -2.10. The number of hydrogen-bond donors (Lipinski definition) is 0. The summed E-state index contributed by atoms with van der Waals surface area (Å²) >= 11 is 0. The molecule has 0 fully saturated rings. The lowest BCUT2D eigenvalue weighted by Crippen LogP contribution is -2.19. The van der Waals surface area contributed by atoms with Gasteiger partial charge >= 0.3 is 0 Å². The Bertz CT molecular complexity index is 376. The largest absolute Gasteiger partial charge is 0.277 e. The molecule has 1 amide bonds. The maximum absolute atomic E-state index is 11.5. The number of hydrogen-bond acceptors (Lipinski definition) is 3. The van der Waals surface area contributed by atoms with Gasteiger partial charge in [-0.15, -0.1) is 4.91 Å². The van der Waals surface area contributed by atoms with Gasteiger partial charge < -0.3 is 0 Å². The number of carbonyl (C=O) groups is 1. The third-order valence-corrected chi connectivity index (χ3v) is 2.30. The third kappa shape index (κ3) is 0.950. The summed E-state index contributed by atoms with van der Waals surface area (Å²) < 4.78 is 0. The summed E-state index contributed by atoms with van der Waals surface area (Å²) in [5, 5.41) is 3.66. The van der Waals surface area contributed by atoms with E-state index in [0.29, 0.717) is 5.56 Å². The van der Waals surface area contributed by atoms with E-state index in [-0.39, 0.29) is 11.9 Å². The molecule has 0 N–H and O–H groups in total. The number of carbonyl (C=O) groups excluding carboxylic acids is 1. The molecule has 1 atom stereocenters. The maximum atomic E-state index is 11.5. The number of nitrogens with zero attached hydrogens (tertiary/aromatic N) is 2. The second kappa shape index (κ2) is 2.65. The van der Waals surface area contributed by atoms with Gasteiger partial charge in [0.1, 0.15) is 0 Å². The molecule has 66 valence electrons. The Balaban J connectivity index is 2.56. The zero-order chi connectivity index (χ0) is 9.42. The van der Waals surface area contributed by atoms with Crippen molar-refractivity contribution in [2.45, 2.75) is 13.0 Å². The van der Waals surface area contributed by atoms with E-state index in [1.165, 1.54) is 0 Å². The van der Waals surface area contributed by atoms with Crippen LogP contribution in [0.25, 0.3) is 0 Å². The molecule has 2 rings (SSSR count). The molecule has 1 aromatic rings.